The Morgan fingerprint density at radius 2 is 1.94 bits per heavy atom. The minimum atomic E-state index is 0.584. The summed E-state index contributed by atoms with van der Waals surface area (Å²) in [6, 6.07) is 9.15. The molecule has 0 aromatic heterocycles. The molecule has 0 fully saturated rings. The molecule has 2 unspecified atom stereocenters. The zero-order valence-corrected chi connectivity index (χ0v) is 13.5. The van der Waals surface area contributed by atoms with Crippen LogP contribution in [0.4, 0.5) is 0 Å². The summed E-state index contributed by atoms with van der Waals surface area (Å²) in [5, 5.41) is 3.52. The fourth-order valence-electron chi connectivity index (χ4n) is 2.56. The van der Waals surface area contributed by atoms with Crippen molar-refractivity contribution in [2.24, 2.45) is 5.92 Å². The zero-order chi connectivity index (χ0) is 13.4. The summed E-state index contributed by atoms with van der Waals surface area (Å²) in [7, 11) is 2.09. The number of unbranched alkanes of at least 4 members (excludes halogenated alkanes) is 1. The Kier molecular flexibility index (Phi) is 7.60. The number of hydrogen-bond donors (Lipinski definition) is 1. The van der Waals surface area contributed by atoms with E-state index >= 15 is 0 Å². The third-order valence-corrected chi connectivity index (χ3v) is 4.56. The lowest BCUT2D eigenvalue weighted by molar-refractivity contribution is 0.330. The van der Waals surface area contributed by atoms with Crippen LogP contribution in [-0.2, 0) is 6.42 Å². The molecule has 0 saturated carbocycles. The molecule has 102 valence electrons. The van der Waals surface area contributed by atoms with E-state index in [-0.39, 0.29) is 0 Å². The number of halogens is 1. The smallest absolute Gasteiger partial charge is 0.0207 e. The fraction of sp³-hybridized carbons (Fsp3) is 0.625. The van der Waals surface area contributed by atoms with Crippen molar-refractivity contribution in [2.45, 2.75) is 52.0 Å². The van der Waals surface area contributed by atoms with E-state index in [1.807, 2.05) is 0 Å². The van der Waals surface area contributed by atoms with Crippen LogP contribution in [0.5, 0.6) is 0 Å². The van der Waals surface area contributed by atoms with Crippen LogP contribution >= 0.6 is 15.9 Å². The molecule has 1 N–H and O–H groups in total. The van der Waals surface area contributed by atoms with Gasteiger partial charge in [-0.05, 0) is 37.4 Å². The number of nitrogens with one attached hydrogen (secondary N) is 1. The first-order chi connectivity index (χ1) is 8.72. The van der Waals surface area contributed by atoms with Crippen LogP contribution in [0.25, 0.3) is 0 Å². The van der Waals surface area contributed by atoms with E-state index in [9.17, 15) is 0 Å². The molecule has 18 heavy (non-hydrogen) atoms. The first-order valence-corrected chi connectivity index (χ1v) is 7.92. The molecule has 0 amide bonds. The number of hydrogen-bond acceptors (Lipinski definition) is 1. The van der Waals surface area contributed by atoms with E-state index in [2.05, 4.69) is 66.4 Å². The summed E-state index contributed by atoms with van der Waals surface area (Å²) < 4.78 is 1.23. The summed E-state index contributed by atoms with van der Waals surface area (Å²) >= 11 is 3.65. The highest BCUT2D eigenvalue weighted by atomic mass is 79.9. The van der Waals surface area contributed by atoms with Crippen molar-refractivity contribution in [2.75, 3.05) is 7.05 Å². The van der Waals surface area contributed by atoms with Crippen molar-refractivity contribution in [3.63, 3.8) is 0 Å². The first-order valence-electron chi connectivity index (χ1n) is 7.13. The highest BCUT2D eigenvalue weighted by Gasteiger charge is 2.18. The maximum atomic E-state index is 3.65. The second-order valence-electron chi connectivity index (χ2n) is 5.00. The van der Waals surface area contributed by atoms with Gasteiger partial charge in [0.2, 0.25) is 0 Å². The SMILES string of the molecule is CCCCC(CC)C(Cc1ccccc1Br)NC. The molecule has 0 spiro atoms. The lowest BCUT2D eigenvalue weighted by Crippen LogP contribution is -2.35. The summed E-state index contributed by atoms with van der Waals surface area (Å²) in [6.45, 7) is 4.58. The van der Waals surface area contributed by atoms with Crippen molar-refractivity contribution < 1.29 is 0 Å². The number of benzene rings is 1. The van der Waals surface area contributed by atoms with E-state index in [4.69, 9.17) is 0 Å². The fourth-order valence-corrected chi connectivity index (χ4v) is 3.01. The van der Waals surface area contributed by atoms with Crippen molar-refractivity contribution in [3.05, 3.63) is 34.3 Å². The van der Waals surface area contributed by atoms with Gasteiger partial charge in [-0.1, -0.05) is 67.2 Å². The second kappa shape index (κ2) is 8.71. The maximum Gasteiger partial charge on any atom is 0.0207 e. The van der Waals surface area contributed by atoms with Crippen LogP contribution in [-0.4, -0.2) is 13.1 Å². The zero-order valence-electron chi connectivity index (χ0n) is 11.9. The monoisotopic (exact) mass is 311 g/mol. The lowest BCUT2D eigenvalue weighted by Gasteiger charge is -2.26. The van der Waals surface area contributed by atoms with E-state index in [0.717, 1.165) is 12.3 Å². The van der Waals surface area contributed by atoms with Gasteiger partial charge in [0.05, 0.1) is 0 Å². The highest BCUT2D eigenvalue weighted by molar-refractivity contribution is 9.10. The standard InChI is InChI=1S/C16H26BrN/c1-4-6-9-13(5-2)16(18-3)12-14-10-7-8-11-15(14)17/h7-8,10-11,13,16,18H,4-6,9,12H2,1-3H3. The molecular formula is C16H26BrN. The van der Waals surface area contributed by atoms with Gasteiger partial charge in [-0.3, -0.25) is 0 Å². The Morgan fingerprint density at radius 1 is 1.22 bits per heavy atom. The molecule has 0 bridgehead atoms. The van der Waals surface area contributed by atoms with Gasteiger partial charge in [-0.2, -0.15) is 0 Å². The van der Waals surface area contributed by atoms with Crippen LogP contribution in [0.3, 0.4) is 0 Å². The van der Waals surface area contributed by atoms with Crippen molar-refractivity contribution in [1.82, 2.24) is 5.32 Å². The topological polar surface area (TPSA) is 12.0 Å². The van der Waals surface area contributed by atoms with Gasteiger partial charge in [0.15, 0.2) is 0 Å². The first kappa shape index (κ1) is 15.7. The van der Waals surface area contributed by atoms with Crippen LogP contribution < -0.4 is 5.32 Å². The van der Waals surface area contributed by atoms with Gasteiger partial charge in [0, 0.05) is 10.5 Å². The molecule has 2 atom stereocenters. The number of rotatable bonds is 8. The average molecular weight is 312 g/mol. The molecule has 0 radical (unpaired) electrons. The quantitative estimate of drug-likeness (QED) is 0.727. The van der Waals surface area contributed by atoms with Gasteiger partial charge in [0.1, 0.15) is 0 Å². The normalized spacial score (nSPS) is 14.4. The summed E-state index contributed by atoms with van der Waals surface area (Å²) in [5.74, 6) is 0.780. The minimum Gasteiger partial charge on any atom is -0.316 e. The molecule has 0 aliphatic carbocycles. The summed E-state index contributed by atoms with van der Waals surface area (Å²) in [6.07, 6.45) is 6.34. The minimum absolute atomic E-state index is 0.584. The van der Waals surface area contributed by atoms with Crippen molar-refractivity contribution >= 4 is 15.9 Å². The Bertz CT molecular complexity index is 338. The van der Waals surface area contributed by atoms with E-state index in [0.29, 0.717) is 6.04 Å². The molecule has 0 aliphatic rings. The predicted octanol–water partition coefficient (Wildman–Crippen LogP) is 4.80. The van der Waals surface area contributed by atoms with Crippen LogP contribution in [0.15, 0.2) is 28.7 Å². The van der Waals surface area contributed by atoms with Gasteiger partial charge < -0.3 is 5.32 Å². The summed E-state index contributed by atoms with van der Waals surface area (Å²) in [4.78, 5) is 0. The lowest BCUT2D eigenvalue weighted by atomic mass is 9.87. The molecule has 0 saturated heterocycles. The van der Waals surface area contributed by atoms with E-state index in [1.165, 1.54) is 35.7 Å². The molecule has 1 aromatic carbocycles. The second-order valence-corrected chi connectivity index (χ2v) is 5.86. The van der Waals surface area contributed by atoms with E-state index in [1.54, 1.807) is 0 Å². The molecule has 2 heteroatoms. The van der Waals surface area contributed by atoms with Crippen LogP contribution in [0.2, 0.25) is 0 Å². The van der Waals surface area contributed by atoms with Crippen molar-refractivity contribution in [3.8, 4) is 0 Å². The third-order valence-electron chi connectivity index (χ3n) is 3.79. The summed E-state index contributed by atoms with van der Waals surface area (Å²) in [5.41, 5.74) is 1.41. The Balaban J connectivity index is 2.67. The Hall–Kier alpha value is -0.340. The van der Waals surface area contributed by atoms with Crippen LogP contribution in [0, 0.1) is 5.92 Å². The number of likely N-dealkylation sites (N-methyl/N-ethyl adjacent to an activating group) is 1. The molecule has 1 aromatic rings. The molecule has 0 aliphatic heterocycles. The van der Waals surface area contributed by atoms with E-state index < -0.39 is 0 Å². The van der Waals surface area contributed by atoms with Gasteiger partial charge in [-0.15, -0.1) is 0 Å². The Labute approximate surface area is 120 Å². The molecule has 1 rings (SSSR count). The predicted molar refractivity (Wildman–Crippen MR) is 84.0 cm³/mol. The average Bonchev–Trinajstić information content (AvgIpc) is 2.40. The molecule has 1 nitrogen and oxygen atoms in total. The highest BCUT2D eigenvalue weighted by Crippen LogP contribution is 2.23. The van der Waals surface area contributed by atoms with Crippen LogP contribution in [0.1, 0.15) is 45.1 Å². The Morgan fingerprint density at radius 3 is 2.50 bits per heavy atom. The third kappa shape index (κ3) is 4.74. The maximum absolute atomic E-state index is 3.65. The van der Waals surface area contributed by atoms with Gasteiger partial charge >= 0.3 is 0 Å². The molecular weight excluding hydrogens is 286 g/mol. The molecule has 0 heterocycles. The van der Waals surface area contributed by atoms with Crippen molar-refractivity contribution in [1.29, 1.82) is 0 Å². The van der Waals surface area contributed by atoms with Gasteiger partial charge in [0.25, 0.3) is 0 Å². The largest absolute Gasteiger partial charge is 0.316 e. The van der Waals surface area contributed by atoms with Gasteiger partial charge in [-0.25, -0.2) is 0 Å².